The van der Waals surface area contributed by atoms with Crippen LogP contribution in [0.15, 0.2) is 77.9 Å². The molecule has 1 aliphatic rings. The Kier molecular flexibility index (Phi) is 7.48. The normalized spacial score (nSPS) is 16.0. The Labute approximate surface area is 207 Å². The van der Waals surface area contributed by atoms with Gasteiger partial charge in [-0.2, -0.15) is 5.26 Å². The SMILES string of the molecule is N#C/N=C(/Nc1ccc(Cl)nc1)N1CCN(C(=O)Nc2ccc(Cl)cc2)C(c2ccccc2)C1. The molecule has 2 amide bonds. The lowest BCUT2D eigenvalue weighted by molar-refractivity contribution is 0.136. The highest BCUT2D eigenvalue weighted by Gasteiger charge is 2.33. The van der Waals surface area contributed by atoms with Gasteiger partial charge in [-0.05, 0) is 42.0 Å². The molecule has 4 rings (SSSR count). The minimum absolute atomic E-state index is 0.218. The Morgan fingerprint density at radius 1 is 1.00 bits per heavy atom. The summed E-state index contributed by atoms with van der Waals surface area (Å²) in [4.78, 5) is 25.0. The number of pyridine rings is 1. The van der Waals surface area contributed by atoms with Gasteiger partial charge < -0.3 is 20.4 Å². The van der Waals surface area contributed by atoms with Crippen LogP contribution in [0.25, 0.3) is 0 Å². The van der Waals surface area contributed by atoms with Crippen molar-refractivity contribution in [2.24, 2.45) is 4.99 Å². The van der Waals surface area contributed by atoms with Gasteiger partial charge >= 0.3 is 6.03 Å². The van der Waals surface area contributed by atoms with Crippen molar-refractivity contribution in [1.29, 1.82) is 5.26 Å². The number of amides is 2. The molecule has 0 radical (unpaired) electrons. The third-order valence-corrected chi connectivity index (χ3v) is 5.84. The van der Waals surface area contributed by atoms with Crippen LogP contribution in [-0.4, -0.2) is 46.4 Å². The summed E-state index contributed by atoms with van der Waals surface area (Å²) in [6.45, 7) is 1.34. The van der Waals surface area contributed by atoms with Crippen LogP contribution in [0.3, 0.4) is 0 Å². The minimum atomic E-state index is -0.267. The summed E-state index contributed by atoms with van der Waals surface area (Å²) in [6.07, 6.45) is 3.43. The average molecular weight is 494 g/mol. The topological polar surface area (TPSA) is 96.7 Å². The molecular formula is C24H21Cl2N7O. The number of hydrogen-bond donors (Lipinski definition) is 2. The van der Waals surface area contributed by atoms with E-state index in [0.717, 1.165) is 5.56 Å². The number of urea groups is 1. The van der Waals surface area contributed by atoms with Crippen molar-refractivity contribution in [3.05, 3.63) is 88.7 Å². The maximum atomic E-state index is 13.2. The molecule has 0 saturated carbocycles. The number of nitrogens with one attached hydrogen (secondary N) is 2. The fourth-order valence-corrected chi connectivity index (χ4v) is 3.95. The van der Waals surface area contributed by atoms with Gasteiger partial charge in [0.05, 0.1) is 17.9 Å². The molecule has 1 fully saturated rings. The molecule has 0 aliphatic carbocycles. The zero-order valence-corrected chi connectivity index (χ0v) is 19.5. The molecule has 0 spiro atoms. The van der Waals surface area contributed by atoms with Crippen LogP contribution >= 0.6 is 23.2 Å². The monoisotopic (exact) mass is 493 g/mol. The number of halogens is 2. The first kappa shape index (κ1) is 23.4. The fourth-order valence-electron chi connectivity index (χ4n) is 3.71. The molecule has 8 nitrogen and oxygen atoms in total. The van der Waals surface area contributed by atoms with Gasteiger partial charge in [-0.3, -0.25) is 0 Å². The van der Waals surface area contributed by atoms with Crippen molar-refractivity contribution < 1.29 is 4.79 Å². The summed E-state index contributed by atoms with van der Waals surface area (Å²) < 4.78 is 0. The molecule has 1 saturated heterocycles. The highest BCUT2D eigenvalue weighted by molar-refractivity contribution is 6.30. The molecule has 2 N–H and O–H groups in total. The van der Waals surface area contributed by atoms with E-state index in [0.29, 0.717) is 47.1 Å². The van der Waals surface area contributed by atoms with Crippen molar-refractivity contribution >= 4 is 46.6 Å². The van der Waals surface area contributed by atoms with E-state index in [1.165, 1.54) is 0 Å². The number of benzene rings is 2. The van der Waals surface area contributed by atoms with Gasteiger partial charge in [0.25, 0.3) is 0 Å². The van der Waals surface area contributed by atoms with Crippen molar-refractivity contribution in [1.82, 2.24) is 14.8 Å². The Morgan fingerprint density at radius 2 is 1.74 bits per heavy atom. The van der Waals surface area contributed by atoms with Gasteiger partial charge in [-0.15, -0.1) is 4.99 Å². The van der Waals surface area contributed by atoms with E-state index in [1.807, 2.05) is 41.4 Å². The van der Waals surface area contributed by atoms with Crippen LogP contribution in [0.2, 0.25) is 10.2 Å². The summed E-state index contributed by atoms with van der Waals surface area (Å²) in [5, 5.41) is 16.3. The number of carbonyl (C=O) groups is 1. The Bertz CT molecular complexity index is 1190. The van der Waals surface area contributed by atoms with Crippen LogP contribution in [0.4, 0.5) is 16.2 Å². The first-order valence-electron chi connectivity index (χ1n) is 10.5. The lowest BCUT2D eigenvalue weighted by Crippen LogP contribution is -2.54. The second-order valence-electron chi connectivity index (χ2n) is 7.53. The number of aromatic nitrogens is 1. The van der Waals surface area contributed by atoms with Gasteiger partial charge in [-0.25, -0.2) is 9.78 Å². The van der Waals surface area contributed by atoms with Gasteiger partial charge in [0, 0.05) is 30.3 Å². The summed E-state index contributed by atoms with van der Waals surface area (Å²) >= 11 is 11.8. The van der Waals surface area contributed by atoms with E-state index in [9.17, 15) is 10.1 Å². The van der Waals surface area contributed by atoms with Gasteiger partial charge in [0.2, 0.25) is 12.2 Å². The van der Waals surface area contributed by atoms with Crippen molar-refractivity contribution in [3.63, 3.8) is 0 Å². The van der Waals surface area contributed by atoms with Crippen LogP contribution < -0.4 is 10.6 Å². The summed E-state index contributed by atoms with van der Waals surface area (Å²) in [7, 11) is 0. The average Bonchev–Trinajstić information content (AvgIpc) is 2.86. The van der Waals surface area contributed by atoms with Crippen LogP contribution in [0.1, 0.15) is 11.6 Å². The summed E-state index contributed by atoms with van der Waals surface area (Å²) in [6, 6.07) is 19.7. The van der Waals surface area contributed by atoms with Crippen molar-refractivity contribution in [2.45, 2.75) is 6.04 Å². The zero-order chi connectivity index (χ0) is 23.9. The molecule has 10 heteroatoms. The molecule has 1 unspecified atom stereocenters. The second-order valence-corrected chi connectivity index (χ2v) is 8.36. The quantitative estimate of drug-likeness (QED) is 0.225. The first-order chi connectivity index (χ1) is 16.5. The maximum absolute atomic E-state index is 13.2. The first-order valence-corrected chi connectivity index (χ1v) is 11.3. The van der Waals surface area contributed by atoms with Gasteiger partial charge in [0.1, 0.15) is 5.15 Å². The zero-order valence-electron chi connectivity index (χ0n) is 18.0. The van der Waals surface area contributed by atoms with E-state index in [1.54, 1.807) is 47.5 Å². The standard InChI is InChI=1S/C24H21Cl2N7O/c25-18-6-8-19(9-7-18)31-24(34)33-13-12-32(15-21(33)17-4-2-1-3-5-17)23(29-16-27)30-20-10-11-22(26)28-14-20/h1-11,14,21H,12-13,15H2,(H,29,30)(H,31,34). The van der Waals surface area contributed by atoms with E-state index in [-0.39, 0.29) is 12.1 Å². The molecular weight excluding hydrogens is 473 g/mol. The third kappa shape index (κ3) is 5.76. The van der Waals surface area contributed by atoms with E-state index < -0.39 is 0 Å². The molecule has 0 bridgehead atoms. The summed E-state index contributed by atoms with van der Waals surface area (Å²) in [5.74, 6) is 0.380. The Morgan fingerprint density at radius 3 is 2.41 bits per heavy atom. The second kappa shape index (κ2) is 10.9. The number of anilines is 2. The molecule has 172 valence electrons. The number of carbonyl (C=O) groups excluding carboxylic acids is 1. The van der Waals surface area contributed by atoms with E-state index in [2.05, 4.69) is 20.6 Å². The number of piperazine rings is 1. The van der Waals surface area contributed by atoms with E-state index in [4.69, 9.17) is 23.2 Å². The Hall–Kier alpha value is -3.80. The predicted molar refractivity (Wildman–Crippen MR) is 134 cm³/mol. The smallest absolute Gasteiger partial charge is 0.322 e. The molecule has 1 atom stereocenters. The number of nitrogens with zero attached hydrogens (tertiary/aromatic N) is 5. The molecule has 2 heterocycles. The van der Waals surface area contributed by atoms with Gasteiger partial charge in [-0.1, -0.05) is 53.5 Å². The van der Waals surface area contributed by atoms with E-state index >= 15 is 0 Å². The largest absolute Gasteiger partial charge is 0.338 e. The number of guanidine groups is 1. The lowest BCUT2D eigenvalue weighted by atomic mass is 10.0. The predicted octanol–water partition coefficient (Wildman–Crippen LogP) is 5.23. The van der Waals surface area contributed by atoms with Crippen molar-refractivity contribution in [3.8, 4) is 6.19 Å². The van der Waals surface area contributed by atoms with Crippen molar-refractivity contribution in [2.75, 3.05) is 30.3 Å². The number of hydrogen-bond acceptors (Lipinski definition) is 4. The highest BCUT2D eigenvalue weighted by Crippen LogP contribution is 2.27. The number of nitriles is 1. The number of aliphatic imine (C=N–C) groups is 1. The molecule has 1 aromatic heterocycles. The lowest BCUT2D eigenvalue weighted by Gasteiger charge is -2.42. The highest BCUT2D eigenvalue weighted by atomic mass is 35.5. The minimum Gasteiger partial charge on any atom is -0.338 e. The maximum Gasteiger partial charge on any atom is 0.322 e. The molecule has 3 aromatic rings. The Balaban J connectivity index is 1.56. The molecule has 2 aromatic carbocycles. The van der Waals surface area contributed by atoms with Crippen LogP contribution in [0, 0.1) is 11.5 Å². The van der Waals surface area contributed by atoms with Crippen LogP contribution in [0.5, 0.6) is 0 Å². The molecule has 1 aliphatic heterocycles. The summed E-state index contributed by atoms with van der Waals surface area (Å²) in [5.41, 5.74) is 2.28. The van der Waals surface area contributed by atoms with Crippen LogP contribution in [-0.2, 0) is 0 Å². The van der Waals surface area contributed by atoms with Gasteiger partial charge in [0.15, 0.2) is 0 Å². The molecule has 34 heavy (non-hydrogen) atoms. The number of rotatable bonds is 3. The third-order valence-electron chi connectivity index (χ3n) is 5.36. The fraction of sp³-hybridized carbons (Fsp3) is 0.167.